The molecule has 162 valence electrons. The number of hydrogen-bond donors (Lipinski definition) is 2. The van der Waals surface area contributed by atoms with Gasteiger partial charge in [0.05, 0.1) is 16.7 Å². The second-order valence-electron chi connectivity index (χ2n) is 7.34. The summed E-state index contributed by atoms with van der Waals surface area (Å²) in [6, 6.07) is 10.0. The second-order valence-corrected chi connectivity index (χ2v) is 9.84. The predicted molar refractivity (Wildman–Crippen MR) is 117 cm³/mol. The zero-order chi connectivity index (χ0) is 22.0. The number of benzene rings is 1. The average molecular weight is 459 g/mol. The summed E-state index contributed by atoms with van der Waals surface area (Å²) in [4.78, 5) is 16.6. The molecule has 0 aliphatic heterocycles. The lowest BCUT2D eigenvalue weighted by molar-refractivity contribution is -0.119. The van der Waals surface area contributed by atoms with Crippen LogP contribution in [0.4, 0.5) is 0 Å². The van der Waals surface area contributed by atoms with Crippen LogP contribution in [0.2, 0.25) is 0 Å². The molecule has 4 rings (SSSR count). The van der Waals surface area contributed by atoms with Gasteiger partial charge in [0.2, 0.25) is 15.9 Å². The lowest BCUT2D eigenvalue weighted by atomic mass is 10.1. The number of nitrogens with zero attached hydrogens (tertiary/aromatic N) is 4. The minimum atomic E-state index is -3.74. The molecule has 0 saturated heterocycles. The maximum Gasteiger partial charge on any atom is 0.238 e. The Balaban J connectivity index is 1.39. The molecule has 2 heterocycles. The highest BCUT2D eigenvalue weighted by Gasteiger charge is 2.30. The van der Waals surface area contributed by atoms with Crippen LogP contribution in [0.25, 0.3) is 11.4 Å². The number of aromatic nitrogens is 4. The normalized spacial score (nSPS) is 14.9. The first-order valence-corrected chi connectivity index (χ1v) is 12.3. The van der Waals surface area contributed by atoms with E-state index in [0.29, 0.717) is 6.04 Å². The molecule has 1 atom stereocenters. The van der Waals surface area contributed by atoms with Gasteiger partial charge < -0.3 is 5.32 Å². The largest absolute Gasteiger partial charge is 0.349 e. The fourth-order valence-electron chi connectivity index (χ4n) is 3.18. The van der Waals surface area contributed by atoms with Crippen molar-refractivity contribution in [3.05, 3.63) is 54.4 Å². The van der Waals surface area contributed by atoms with Crippen molar-refractivity contribution in [2.75, 3.05) is 5.75 Å². The summed E-state index contributed by atoms with van der Waals surface area (Å²) in [5.41, 5.74) is 1.73. The van der Waals surface area contributed by atoms with Gasteiger partial charge >= 0.3 is 0 Å². The Kier molecular flexibility index (Phi) is 6.08. The topological polar surface area (TPSA) is 133 Å². The van der Waals surface area contributed by atoms with E-state index in [1.54, 1.807) is 24.5 Å². The minimum Gasteiger partial charge on any atom is -0.349 e. The number of thioether (sulfide) groups is 1. The molecule has 31 heavy (non-hydrogen) atoms. The molecule has 9 nitrogen and oxygen atoms in total. The van der Waals surface area contributed by atoms with Crippen LogP contribution >= 0.6 is 11.8 Å². The van der Waals surface area contributed by atoms with E-state index in [9.17, 15) is 13.2 Å². The van der Waals surface area contributed by atoms with Gasteiger partial charge in [-0.25, -0.2) is 13.6 Å². The number of nitrogens with one attached hydrogen (secondary N) is 1. The number of carbonyl (C=O) groups is 1. The fraction of sp³-hybridized carbons (Fsp3) is 0.300. The van der Waals surface area contributed by atoms with Gasteiger partial charge in [0.15, 0.2) is 11.0 Å². The second kappa shape index (κ2) is 8.77. The van der Waals surface area contributed by atoms with E-state index in [1.807, 2.05) is 19.1 Å². The van der Waals surface area contributed by atoms with Gasteiger partial charge in [0.25, 0.3) is 0 Å². The van der Waals surface area contributed by atoms with E-state index in [0.717, 1.165) is 34.9 Å². The van der Waals surface area contributed by atoms with Crippen molar-refractivity contribution in [3.63, 3.8) is 0 Å². The average Bonchev–Trinajstić information content (AvgIpc) is 3.51. The Morgan fingerprint density at radius 2 is 1.87 bits per heavy atom. The Bertz CT molecular complexity index is 1180. The first-order valence-electron chi connectivity index (χ1n) is 9.73. The number of hydrogen-bond acceptors (Lipinski definition) is 7. The minimum absolute atomic E-state index is 0.0368. The lowest BCUT2D eigenvalue weighted by Crippen LogP contribution is -2.28. The molecule has 0 unspecified atom stereocenters. The van der Waals surface area contributed by atoms with Crippen molar-refractivity contribution in [1.29, 1.82) is 0 Å². The van der Waals surface area contributed by atoms with E-state index in [2.05, 4.69) is 25.1 Å². The summed E-state index contributed by atoms with van der Waals surface area (Å²) in [6.07, 6.45) is 5.58. The summed E-state index contributed by atoms with van der Waals surface area (Å²) in [7, 11) is -3.74. The number of primary sulfonamides is 1. The third kappa shape index (κ3) is 5.12. The Hall–Kier alpha value is -2.76. The smallest absolute Gasteiger partial charge is 0.238 e. The molecule has 3 aromatic rings. The number of sulfonamides is 1. The molecule has 1 amide bonds. The highest BCUT2D eigenvalue weighted by Crippen LogP contribution is 2.40. The van der Waals surface area contributed by atoms with Crippen LogP contribution in [0, 0.1) is 0 Å². The van der Waals surface area contributed by atoms with Crippen LogP contribution in [0.15, 0.2) is 58.8 Å². The highest BCUT2D eigenvalue weighted by atomic mass is 32.2. The molecule has 1 aromatic carbocycles. The number of amides is 1. The van der Waals surface area contributed by atoms with Crippen LogP contribution in [0.1, 0.15) is 37.4 Å². The van der Waals surface area contributed by atoms with E-state index in [-0.39, 0.29) is 22.6 Å². The van der Waals surface area contributed by atoms with Crippen LogP contribution in [0.5, 0.6) is 0 Å². The van der Waals surface area contributed by atoms with Gasteiger partial charge in [-0.15, -0.1) is 10.2 Å². The van der Waals surface area contributed by atoms with Crippen LogP contribution in [0.3, 0.4) is 0 Å². The SMILES string of the molecule is C[C@H](NC(=O)CSc1nnc(-c2ccncc2)n1C1CC1)c1ccc(S(N)(=O)=O)cc1. The highest BCUT2D eigenvalue weighted by molar-refractivity contribution is 7.99. The molecule has 0 radical (unpaired) electrons. The molecule has 1 aliphatic rings. The van der Waals surface area contributed by atoms with Crippen LogP contribution in [-0.2, 0) is 14.8 Å². The Morgan fingerprint density at radius 3 is 2.48 bits per heavy atom. The zero-order valence-corrected chi connectivity index (χ0v) is 18.4. The van der Waals surface area contributed by atoms with Gasteiger partial charge in [0.1, 0.15) is 0 Å². The Labute approximate surface area is 184 Å². The number of rotatable bonds is 8. The summed E-state index contributed by atoms with van der Waals surface area (Å²) < 4.78 is 24.8. The quantitative estimate of drug-likeness (QED) is 0.495. The summed E-state index contributed by atoms with van der Waals surface area (Å²) in [5, 5.41) is 17.4. The monoisotopic (exact) mass is 458 g/mol. The van der Waals surface area contributed by atoms with Crippen LogP contribution < -0.4 is 10.5 Å². The first-order chi connectivity index (χ1) is 14.8. The standard InChI is InChI=1S/C20H22N6O3S2/c1-13(14-2-6-17(7-3-14)31(21,28)29)23-18(27)12-30-20-25-24-19(26(20)16-4-5-16)15-8-10-22-11-9-15/h2-3,6-11,13,16H,4-5,12H2,1H3,(H,23,27)(H2,21,28,29)/t13-/m0/s1. The molecular formula is C20H22N6O3S2. The maximum atomic E-state index is 12.5. The molecule has 2 aromatic heterocycles. The van der Waals surface area contributed by atoms with E-state index < -0.39 is 10.0 Å². The molecule has 1 aliphatic carbocycles. The van der Waals surface area contributed by atoms with E-state index in [1.165, 1.54) is 23.9 Å². The van der Waals surface area contributed by atoms with E-state index in [4.69, 9.17) is 5.14 Å². The number of nitrogens with two attached hydrogens (primary N) is 1. The van der Waals surface area contributed by atoms with Gasteiger partial charge in [0, 0.05) is 24.0 Å². The molecule has 0 spiro atoms. The number of carbonyl (C=O) groups excluding carboxylic acids is 1. The molecule has 1 fully saturated rings. The lowest BCUT2D eigenvalue weighted by Gasteiger charge is -2.15. The first kappa shape index (κ1) is 21.5. The van der Waals surface area contributed by atoms with E-state index >= 15 is 0 Å². The van der Waals surface area contributed by atoms with Crippen molar-refractivity contribution in [2.45, 2.75) is 41.9 Å². The molecule has 1 saturated carbocycles. The van der Waals surface area contributed by atoms with Gasteiger partial charge in [-0.3, -0.25) is 14.3 Å². The summed E-state index contributed by atoms with van der Waals surface area (Å²) >= 11 is 1.35. The van der Waals surface area contributed by atoms with Crippen molar-refractivity contribution >= 4 is 27.7 Å². The zero-order valence-electron chi connectivity index (χ0n) is 16.8. The predicted octanol–water partition coefficient (Wildman–Crippen LogP) is 2.29. The van der Waals surface area contributed by atoms with Crippen LogP contribution in [-0.4, -0.2) is 39.8 Å². The molecule has 11 heteroatoms. The maximum absolute atomic E-state index is 12.5. The third-order valence-corrected chi connectivity index (χ3v) is 6.81. The summed E-state index contributed by atoms with van der Waals surface area (Å²) in [5.74, 6) is 0.834. The fourth-order valence-corrected chi connectivity index (χ4v) is 4.51. The Morgan fingerprint density at radius 1 is 1.19 bits per heavy atom. The molecule has 3 N–H and O–H groups in total. The van der Waals surface area contributed by atoms with Crippen molar-refractivity contribution < 1.29 is 13.2 Å². The third-order valence-electron chi connectivity index (χ3n) is 4.93. The summed E-state index contributed by atoms with van der Waals surface area (Å²) in [6.45, 7) is 1.84. The van der Waals surface area contributed by atoms with Gasteiger partial charge in [-0.05, 0) is 49.6 Å². The molecular weight excluding hydrogens is 436 g/mol. The number of pyridine rings is 1. The van der Waals surface area contributed by atoms with Gasteiger partial charge in [-0.2, -0.15) is 0 Å². The van der Waals surface area contributed by atoms with Crippen molar-refractivity contribution in [3.8, 4) is 11.4 Å². The van der Waals surface area contributed by atoms with Gasteiger partial charge in [-0.1, -0.05) is 23.9 Å². The van der Waals surface area contributed by atoms with Crippen molar-refractivity contribution in [2.24, 2.45) is 5.14 Å². The van der Waals surface area contributed by atoms with Crippen molar-refractivity contribution in [1.82, 2.24) is 25.1 Å². The molecule has 0 bridgehead atoms.